The summed E-state index contributed by atoms with van der Waals surface area (Å²) in [4.78, 5) is 19.2. The quantitative estimate of drug-likeness (QED) is 0.230. The molecule has 0 unspecified atom stereocenters. The zero-order valence-electron chi connectivity index (χ0n) is 30.9. The second kappa shape index (κ2) is 24.5. The summed E-state index contributed by atoms with van der Waals surface area (Å²) < 4.78 is 10.3. The summed E-state index contributed by atoms with van der Waals surface area (Å²) in [6.45, 7) is 25.3. The molecule has 0 atom stereocenters. The predicted octanol–water partition coefficient (Wildman–Crippen LogP) is 11.1. The minimum Gasteiger partial charge on any atom is -0.454 e. The molecule has 0 bridgehead atoms. The molecule has 4 rings (SSSR count). The number of benzene rings is 1. The van der Waals surface area contributed by atoms with Gasteiger partial charge in [0.1, 0.15) is 11.8 Å². The first-order chi connectivity index (χ1) is 21.8. The van der Waals surface area contributed by atoms with Crippen LogP contribution in [-0.4, -0.2) is 22.5 Å². The maximum absolute atomic E-state index is 11.2. The number of carbonyl (C=O) groups excluding carboxylic acids is 1. The van der Waals surface area contributed by atoms with Crippen molar-refractivity contribution in [2.75, 3.05) is 6.79 Å². The fourth-order valence-corrected chi connectivity index (χ4v) is 5.00. The number of nitriles is 1. The summed E-state index contributed by atoms with van der Waals surface area (Å²) in [5, 5.41) is 8.62. The van der Waals surface area contributed by atoms with Crippen LogP contribution in [0, 0.1) is 50.9 Å². The normalized spacial score (nSPS) is 10.6. The second-order valence-electron chi connectivity index (χ2n) is 12.3. The lowest BCUT2D eigenvalue weighted by Crippen LogP contribution is -2.03. The van der Waals surface area contributed by atoms with Gasteiger partial charge in [0.05, 0.1) is 0 Å². The van der Waals surface area contributed by atoms with E-state index < -0.39 is 0 Å². The maximum Gasteiger partial charge on any atom is 0.231 e. The Morgan fingerprint density at radius 3 is 1.91 bits per heavy atom. The number of ketones is 1. The van der Waals surface area contributed by atoms with Crippen LogP contribution in [0.15, 0.2) is 42.7 Å². The maximum atomic E-state index is 11.2. The van der Waals surface area contributed by atoms with E-state index in [-0.39, 0.29) is 5.78 Å². The lowest BCUT2D eigenvalue weighted by molar-refractivity contribution is 0.101. The molecule has 46 heavy (non-hydrogen) atoms. The number of fused-ring (bicyclic) bond motifs is 1. The molecule has 1 aromatic carbocycles. The Bertz CT molecular complexity index is 1300. The van der Waals surface area contributed by atoms with E-state index in [9.17, 15) is 4.79 Å². The number of pyridine rings is 2. The molecule has 254 valence electrons. The highest BCUT2D eigenvalue weighted by Gasteiger charge is 2.11. The summed E-state index contributed by atoms with van der Waals surface area (Å²) in [6, 6.07) is 11.5. The number of carbonyl (C=O) groups is 1. The first kappa shape index (κ1) is 42.3. The van der Waals surface area contributed by atoms with Crippen molar-refractivity contribution in [3.63, 3.8) is 0 Å². The van der Waals surface area contributed by atoms with Crippen molar-refractivity contribution in [1.29, 1.82) is 5.26 Å². The van der Waals surface area contributed by atoms with Gasteiger partial charge in [-0.15, -0.1) is 0 Å². The number of nitrogens with zero attached hydrogens (tertiary/aromatic N) is 3. The van der Waals surface area contributed by atoms with E-state index in [2.05, 4.69) is 65.4 Å². The number of aromatic nitrogens is 2. The largest absolute Gasteiger partial charge is 0.454 e. The highest BCUT2D eigenvalue weighted by molar-refractivity contribution is 5.96. The van der Waals surface area contributed by atoms with Gasteiger partial charge in [0.25, 0.3) is 0 Å². The third-order valence-corrected chi connectivity index (χ3v) is 7.35. The number of hydrogen-bond acceptors (Lipinski definition) is 6. The number of ether oxygens (including phenoxy) is 2. The van der Waals surface area contributed by atoms with Gasteiger partial charge in [-0.25, -0.2) is 4.98 Å². The van der Waals surface area contributed by atoms with Gasteiger partial charge in [-0.1, -0.05) is 93.1 Å². The van der Waals surface area contributed by atoms with Crippen molar-refractivity contribution in [2.45, 2.75) is 128 Å². The second-order valence-corrected chi connectivity index (χ2v) is 12.3. The molecule has 0 saturated carbocycles. The number of Topliss-reactive ketones (excluding diaryl/α,β-unsaturated/α-hetero) is 1. The minimum absolute atomic E-state index is 0.00742. The van der Waals surface area contributed by atoms with Crippen molar-refractivity contribution >= 4 is 5.78 Å². The van der Waals surface area contributed by atoms with Crippen LogP contribution in [0.5, 0.6) is 11.5 Å². The Hall–Kier alpha value is -3.72. The molecule has 0 N–H and O–H groups in total. The van der Waals surface area contributed by atoms with Crippen LogP contribution in [0.3, 0.4) is 0 Å². The molecule has 6 nitrogen and oxygen atoms in total. The molecule has 3 heterocycles. The summed E-state index contributed by atoms with van der Waals surface area (Å²) in [6.07, 6.45) is 13.1. The van der Waals surface area contributed by atoms with E-state index in [0.717, 1.165) is 35.3 Å². The van der Waals surface area contributed by atoms with Gasteiger partial charge in [-0.3, -0.25) is 9.78 Å². The fourth-order valence-electron chi connectivity index (χ4n) is 5.00. The average molecular weight is 632 g/mol. The van der Waals surface area contributed by atoms with Gasteiger partial charge in [-0.05, 0) is 99.4 Å². The monoisotopic (exact) mass is 631 g/mol. The lowest BCUT2D eigenvalue weighted by Gasteiger charge is -2.05. The van der Waals surface area contributed by atoms with Crippen LogP contribution in [0.2, 0.25) is 0 Å². The van der Waals surface area contributed by atoms with Gasteiger partial charge in [0, 0.05) is 23.7 Å². The number of hydrogen-bond donors (Lipinski definition) is 0. The summed E-state index contributed by atoms with van der Waals surface area (Å²) in [5.74, 6) is 3.57. The van der Waals surface area contributed by atoms with E-state index >= 15 is 0 Å². The van der Waals surface area contributed by atoms with Gasteiger partial charge < -0.3 is 9.47 Å². The van der Waals surface area contributed by atoms with Gasteiger partial charge in [0.2, 0.25) is 6.79 Å². The predicted molar refractivity (Wildman–Crippen MR) is 193 cm³/mol. The van der Waals surface area contributed by atoms with Crippen LogP contribution >= 0.6 is 0 Å². The van der Waals surface area contributed by atoms with E-state index in [1.807, 2.05) is 56.6 Å². The Labute approximate surface area is 281 Å². The first-order valence-electron chi connectivity index (χ1n) is 17.0. The third-order valence-electron chi connectivity index (χ3n) is 7.35. The number of aryl methyl sites for hydroxylation is 5. The van der Waals surface area contributed by atoms with Crippen LogP contribution in [0.4, 0.5) is 0 Å². The molecule has 0 amide bonds. The molecule has 1 aliphatic heterocycles. The molecule has 1 aliphatic rings. The minimum atomic E-state index is -0.00742. The van der Waals surface area contributed by atoms with Crippen LogP contribution < -0.4 is 9.47 Å². The smallest absolute Gasteiger partial charge is 0.231 e. The van der Waals surface area contributed by atoms with Gasteiger partial charge in [0.15, 0.2) is 17.3 Å². The summed E-state index contributed by atoms with van der Waals surface area (Å²) in [7, 11) is 0. The van der Waals surface area contributed by atoms with E-state index in [0.29, 0.717) is 23.7 Å². The van der Waals surface area contributed by atoms with Crippen LogP contribution in [0.25, 0.3) is 0 Å². The van der Waals surface area contributed by atoms with E-state index in [4.69, 9.17) is 14.7 Å². The summed E-state index contributed by atoms with van der Waals surface area (Å²) >= 11 is 0. The van der Waals surface area contributed by atoms with Gasteiger partial charge in [-0.2, -0.15) is 5.26 Å². The standard InChI is InChI=1S/C10H10N2O.C8H11N.C8H8O2.C8H18.C6H14/c1-6-4-9(5-11)12-7(2)10(6)8(3)13;1-3-8-6-9-5-4-7(8)2;1-6-2-3-7-8(4-6)10-5-9-7;1-4-6-8(3)7-5-2;1-4-5-6(2)3/h4H,1-3H3;4-6H,3H2,1-2H3;2-4H,5H2,1H3;8H,4-7H2,1-3H3;6H,4-5H2,1-3H3. The molecule has 6 heteroatoms. The van der Waals surface area contributed by atoms with Crippen LogP contribution in [0.1, 0.15) is 138 Å². The molecule has 0 saturated heterocycles. The Morgan fingerprint density at radius 2 is 1.48 bits per heavy atom. The van der Waals surface area contributed by atoms with E-state index in [1.165, 1.54) is 62.1 Å². The molecule has 3 aromatic rings. The molecule has 0 radical (unpaired) electrons. The Morgan fingerprint density at radius 1 is 0.870 bits per heavy atom. The molecule has 2 aromatic heterocycles. The van der Waals surface area contributed by atoms with Crippen molar-refractivity contribution in [3.05, 3.63) is 81.9 Å². The highest BCUT2D eigenvalue weighted by atomic mass is 16.7. The Kier molecular flexibility index (Phi) is 22.5. The average Bonchev–Trinajstić information content (AvgIpc) is 3.46. The molecular formula is C40H61N3O3. The fraction of sp³-hybridized carbons (Fsp3) is 0.550. The lowest BCUT2D eigenvalue weighted by atomic mass is 10.0. The Balaban J connectivity index is 0.000000563. The van der Waals surface area contributed by atoms with Crippen molar-refractivity contribution < 1.29 is 14.3 Å². The zero-order chi connectivity index (χ0) is 35.1. The third kappa shape index (κ3) is 17.7. The van der Waals surface area contributed by atoms with Gasteiger partial charge >= 0.3 is 0 Å². The highest BCUT2D eigenvalue weighted by Crippen LogP contribution is 2.32. The molecular weight excluding hydrogens is 570 g/mol. The first-order valence-corrected chi connectivity index (χ1v) is 17.0. The molecule has 0 fully saturated rings. The van der Waals surface area contributed by atoms with Crippen molar-refractivity contribution in [1.82, 2.24) is 9.97 Å². The zero-order valence-corrected chi connectivity index (χ0v) is 30.9. The number of rotatable bonds is 8. The van der Waals surface area contributed by atoms with E-state index in [1.54, 1.807) is 13.0 Å². The van der Waals surface area contributed by atoms with Crippen molar-refractivity contribution in [2.24, 2.45) is 11.8 Å². The van der Waals surface area contributed by atoms with Crippen molar-refractivity contribution in [3.8, 4) is 17.6 Å². The molecule has 0 spiro atoms. The summed E-state index contributed by atoms with van der Waals surface area (Å²) in [5.41, 5.74) is 6.31. The van der Waals surface area contributed by atoms with Crippen LogP contribution in [-0.2, 0) is 6.42 Å². The SMILES string of the molecule is CC(=O)c1c(C)cc(C#N)nc1C.CCCC(C)C.CCCC(C)CCC.CCc1cnccc1C.Cc1ccc2c(c1)OCO2. The topological polar surface area (TPSA) is 85.1 Å². The molecule has 0 aliphatic carbocycles.